The molecule has 0 saturated heterocycles. The van der Waals surface area contributed by atoms with Crippen LogP contribution in [0.1, 0.15) is 31.8 Å². The van der Waals surface area contributed by atoms with Gasteiger partial charge in [-0.05, 0) is 0 Å². The number of nitrogens with one attached hydrogen (secondary N) is 2. The summed E-state index contributed by atoms with van der Waals surface area (Å²) in [4.78, 5) is 25.9. The number of halogens is 6. The summed E-state index contributed by atoms with van der Waals surface area (Å²) in [5.74, 6) is -0.942. The van der Waals surface area contributed by atoms with Crippen LogP contribution in [0.3, 0.4) is 0 Å². The van der Waals surface area contributed by atoms with Crippen molar-refractivity contribution in [2.24, 2.45) is 0 Å². The molecule has 0 heterocycles. The molecule has 4 rings (SSSR count). The van der Waals surface area contributed by atoms with Gasteiger partial charge in [0, 0.05) is 0 Å². The third kappa shape index (κ3) is 7.55. The van der Waals surface area contributed by atoms with E-state index in [1.165, 1.54) is 24.3 Å². The molecule has 0 fully saturated rings. The number of hydrogen-bond acceptors (Lipinski definition) is 2. The van der Waals surface area contributed by atoms with E-state index in [0.717, 1.165) is 33.2 Å². The molecule has 0 saturated carbocycles. The monoisotopic (exact) mass is 688 g/mol. The Labute approximate surface area is 236 Å². The van der Waals surface area contributed by atoms with Crippen LogP contribution in [0.25, 0.3) is 0 Å². The molecule has 0 unspecified atom stereocenters. The Kier molecular flexibility index (Phi) is 9.05. The predicted molar refractivity (Wildman–Crippen MR) is 142 cm³/mol. The van der Waals surface area contributed by atoms with Crippen molar-refractivity contribution in [2.45, 2.75) is 12.4 Å². The topological polar surface area (TPSA) is 58.2 Å². The van der Waals surface area contributed by atoms with E-state index in [0.29, 0.717) is 11.1 Å². The second-order valence-corrected chi connectivity index (χ2v) is 14.4. The van der Waals surface area contributed by atoms with Crippen molar-refractivity contribution in [3.63, 3.8) is 0 Å². The van der Waals surface area contributed by atoms with Crippen LogP contribution in [0.5, 0.6) is 0 Å². The Bertz CT molecular complexity index is 1390. The summed E-state index contributed by atoms with van der Waals surface area (Å²) in [5, 5.41) is 5.24. The van der Waals surface area contributed by atoms with E-state index in [-0.39, 0.29) is 37.6 Å². The van der Waals surface area contributed by atoms with Crippen molar-refractivity contribution in [3.05, 3.63) is 119 Å². The number of amides is 2. The summed E-state index contributed by atoms with van der Waals surface area (Å²) in [6, 6.07) is 22.0. The number of hydrogen-bond donors (Lipinski definition) is 2. The Morgan fingerprint density at radius 2 is 0.825 bits per heavy atom. The van der Waals surface area contributed by atoms with Gasteiger partial charge in [-0.15, -0.1) is 0 Å². The standard InChI is InChI=1S/C28H18F6N2O2Se2/c29-27(30,31)17-9-13-19(14-10-17)35-25(37)21-5-1-3-7-23(21)39-40-24-8-4-2-6-22(24)26(38)36-20-15-11-18(12-16-20)28(32,33)34/h1-16H,(H,35,37)(H,36,38). The molecule has 0 radical (unpaired) electrons. The van der Waals surface area contributed by atoms with Crippen LogP contribution in [-0.4, -0.2) is 38.1 Å². The van der Waals surface area contributed by atoms with E-state index < -0.39 is 35.3 Å². The molecule has 0 aliphatic carbocycles. The van der Waals surface area contributed by atoms with Gasteiger partial charge in [-0.3, -0.25) is 0 Å². The number of carbonyl (C=O) groups excluding carboxylic acids is 2. The first-order valence-corrected chi connectivity index (χ1v) is 17.5. The molecular formula is C28H18F6N2O2Se2. The predicted octanol–water partition coefficient (Wildman–Crippen LogP) is 5.50. The summed E-state index contributed by atoms with van der Waals surface area (Å²) in [6.07, 6.45) is -8.96. The summed E-state index contributed by atoms with van der Waals surface area (Å²) < 4.78 is 78.4. The molecule has 2 amide bonds. The zero-order valence-corrected chi connectivity index (χ0v) is 23.6. The summed E-state index contributed by atoms with van der Waals surface area (Å²) >= 11 is -0.516. The maximum atomic E-state index is 12.9. The second-order valence-electron chi connectivity index (χ2n) is 8.22. The molecule has 0 aliphatic heterocycles. The third-order valence-corrected chi connectivity index (χ3v) is 12.7. The number of benzene rings is 4. The Balaban J connectivity index is 1.45. The van der Waals surface area contributed by atoms with Crippen molar-refractivity contribution >= 4 is 58.4 Å². The van der Waals surface area contributed by atoms with Crippen LogP contribution < -0.4 is 19.6 Å². The zero-order valence-electron chi connectivity index (χ0n) is 20.1. The Hall–Kier alpha value is -3.56. The van der Waals surface area contributed by atoms with Gasteiger partial charge in [0.1, 0.15) is 0 Å². The van der Waals surface area contributed by atoms with Gasteiger partial charge in [0.15, 0.2) is 0 Å². The average Bonchev–Trinajstić information content (AvgIpc) is 2.92. The van der Waals surface area contributed by atoms with Crippen LogP contribution in [0.2, 0.25) is 0 Å². The van der Waals surface area contributed by atoms with Crippen LogP contribution >= 0.6 is 0 Å². The van der Waals surface area contributed by atoms with Crippen molar-refractivity contribution < 1.29 is 35.9 Å². The Morgan fingerprint density at radius 1 is 0.500 bits per heavy atom. The van der Waals surface area contributed by atoms with Gasteiger partial charge in [-0.25, -0.2) is 0 Å². The normalized spacial score (nSPS) is 11.7. The minimum atomic E-state index is -4.48. The first kappa shape index (κ1) is 29.4. The van der Waals surface area contributed by atoms with Crippen molar-refractivity contribution in [1.82, 2.24) is 0 Å². The molecule has 40 heavy (non-hydrogen) atoms. The van der Waals surface area contributed by atoms with E-state index in [9.17, 15) is 35.9 Å². The summed E-state index contributed by atoms with van der Waals surface area (Å²) in [7, 11) is 0. The molecule has 206 valence electrons. The number of carbonyl (C=O) groups is 2. The van der Waals surface area contributed by atoms with Gasteiger partial charge in [0.2, 0.25) is 0 Å². The van der Waals surface area contributed by atoms with Gasteiger partial charge < -0.3 is 0 Å². The van der Waals surface area contributed by atoms with E-state index in [4.69, 9.17) is 0 Å². The molecule has 0 spiro atoms. The fourth-order valence-electron chi connectivity index (χ4n) is 3.43. The molecule has 0 aromatic heterocycles. The van der Waals surface area contributed by atoms with Crippen LogP contribution in [-0.2, 0) is 12.4 Å². The molecule has 0 atom stereocenters. The van der Waals surface area contributed by atoms with E-state index in [1.54, 1.807) is 48.5 Å². The number of anilines is 2. The minimum absolute atomic E-state index is 0.219. The SMILES string of the molecule is O=C(Nc1ccc(C(F)(F)F)cc1)c1ccccc1[Se][Se]c1ccccc1C(=O)Nc1ccc(C(F)(F)F)cc1. The fraction of sp³-hybridized carbons (Fsp3) is 0.0714. The molecule has 2 N–H and O–H groups in total. The van der Waals surface area contributed by atoms with Crippen molar-refractivity contribution in [3.8, 4) is 0 Å². The Morgan fingerprint density at radius 3 is 1.15 bits per heavy atom. The van der Waals surface area contributed by atoms with Gasteiger partial charge >= 0.3 is 237 Å². The summed E-state index contributed by atoms with van der Waals surface area (Å²) in [6.45, 7) is 0. The quantitative estimate of drug-likeness (QED) is 0.199. The van der Waals surface area contributed by atoms with Crippen molar-refractivity contribution in [1.29, 1.82) is 0 Å². The molecule has 4 aromatic rings. The number of rotatable bonds is 7. The average molecular weight is 686 g/mol. The van der Waals surface area contributed by atoms with E-state index >= 15 is 0 Å². The van der Waals surface area contributed by atoms with Crippen LogP contribution in [0.15, 0.2) is 97.1 Å². The molecule has 0 bridgehead atoms. The molecular weight excluding hydrogens is 668 g/mol. The molecule has 4 aromatic carbocycles. The number of alkyl halides is 6. The zero-order chi connectivity index (χ0) is 28.9. The van der Waals surface area contributed by atoms with Crippen LogP contribution in [0.4, 0.5) is 37.7 Å². The van der Waals surface area contributed by atoms with E-state index in [1.807, 2.05) is 0 Å². The van der Waals surface area contributed by atoms with Crippen LogP contribution in [0, 0.1) is 0 Å². The van der Waals surface area contributed by atoms with Gasteiger partial charge in [0.25, 0.3) is 0 Å². The second kappa shape index (κ2) is 12.3. The van der Waals surface area contributed by atoms with Gasteiger partial charge in [0.05, 0.1) is 0 Å². The third-order valence-electron chi connectivity index (χ3n) is 5.42. The molecule has 12 heteroatoms. The first-order valence-electron chi connectivity index (χ1n) is 11.4. The fourth-order valence-corrected chi connectivity index (χ4v) is 10.5. The van der Waals surface area contributed by atoms with Gasteiger partial charge in [-0.1, -0.05) is 0 Å². The molecule has 4 nitrogen and oxygen atoms in total. The maximum absolute atomic E-state index is 12.9. The molecule has 0 aliphatic rings. The first-order chi connectivity index (χ1) is 18.9. The van der Waals surface area contributed by atoms with Gasteiger partial charge in [-0.2, -0.15) is 0 Å². The van der Waals surface area contributed by atoms with Crippen molar-refractivity contribution in [2.75, 3.05) is 10.6 Å². The van der Waals surface area contributed by atoms with E-state index in [2.05, 4.69) is 10.6 Å². The summed E-state index contributed by atoms with van der Waals surface area (Å²) in [5.41, 5.74) is -0.463.